The van der Waals surface area contributed by atoms with Gasteiger partial charge in [0, 0.05) is 17.3 Å². The van der Waals surface area contributed by atoms with Crippen LogP contribution in [0.25, 0.3) is 16.7 Å². The summed E-state index contributed by atoms with van der Waals surface area (Å²) in [5.74, 6) is -0.654. The van der Waals surface area contributed by atoms with Gasteiger partial charge in [0.1, 0.15) is 11.4 Å². The Kier molecular flexibility index (Phi) is 5.78. The number of carbonyl (C=O) groups excluding carboxylic acids is 1. The lowest BCUT2D eigenvalue weighted by molar-refractivity contribution is 0.0204. The van der Waals surface area contributed by atoms with Crippen LogP contribution < -0.4 is 10.2 Å². The fraction of sp³-hybridized carbons (Fsp3) is 0.286. The smallest absolute Gasteiger partial charge is 0.428 e. The Labute approximate surface area is 157 Å². The quantitative estimate of drug-likeness (QED) is 0.718. The standard InChI is InChI=1S/C21H22FNO4/c1-12(2)15-9-14(16-10-23-11-17(22)13(16)3)7-8-18(19(15)24)26-20(25)27-21(4,5)6/h7-11H,1H2,2-6H3. The van der Waals surface area contributed by atoms with Crippen LogP contribution in [0.2, 0.25) is 0 Å². The van der Waals surface area contributed by atoms with Crippen molar-refractivity contribution in [3.8, 4) is 16.9 Å². The highest BCUT2D eigenvalue weighted by molar-refractivity contribution is 5.73. The predicted molar refractivity (Wildman–Crippen MR) is 102 cm³/mol. The minimum absolute atomic E-state index is 0.199. The average Bonchev–Trinajstić information content (AvgIpc) is 2.69. The van der Waals surface area contributed by atoms with Gasteiger partial charge in [-0.05, 0) is 63.5 Å². The van der Waals surface area contributed by atoms with E-state index in [0.717, 1.165) is 6.20 Å². The predicted octanol–water partition coefficient (Wildman–Crippen LogP) is 4.90. The largest absolute Gasteiger partial charge is 0.514 e. The molecule has 5 nitrogen and oxygen atoms in total. The van der Waals surface area contributed by atoms with Crippen LogP contribution in [-0.2, 0) is 4.74 Å². The van der Waals surface area contributed by atoms with Gasteiger partial charge in [-0.15, -0.1) is 0 Å². The molecule has 6 heteroatoms. The van der Waals surface area contributed by atoms with Crippen molar-refractivity contribution in [2.45, 2.75) is 40.2 Å². The molecule has 0 saturated heterocycles. The van der Waals surface area contributed by atoms with Gasteiger partial charge in [0.25, 0.3) is 0 Å². The van der Waals surface area contributed by atoms with Crippen LogP contribution in [0.3, 0.4) is 0 Å². The van der Waals surface area contributed by atoms with Crippen molar-refractivity contribution in [1.82, 2.24) is 4.98 Å². The van der Waals surface area contributed by atoms with E-state index >= 15 is 0 Å². The maximum atomic E-state index is 13.9. The van der Waals surface area contributed by atoms with Crippen molar-refractivity contribution in [2.24, 2.45) is 0 Å². The second-order valence-corrected chi connectivity index (χ2v) is 7.18. The topological polar surface area (TPSA) is 65.5 Å². The molecular weight excluding hydrogens is 349 g/mol. The summed E-state index contributed by atoms with van der Waals surface area (Å²) in [5.41, 5.74) is 0.923. The fourth-order valence-electron chi connectivity index (χ4n) is 2.36. The molecule has 0 aliphatic heterocycles. The van der Waals surface area contributed by atoms with Crippen LogP contribution in [0.5, 0.6) is 5.75 Å². The number of hydrogen-bond donors (Lipinski definition) is 0. The Morgan fingerprint density at radius 3 is 2.48 bits per heavy atom. The first-order chi connectivity index (χ1) is 12.5. The number of halogens is 1. The minimum Gasteiger partial charge on any atom is -0.428 e. The molecule has 0 N–H and O–H groups in total. The molecule has 1 aromatic carbocycles. The molecule has 0 bridgehead atoms. The highest BCUT2D eigenvalue weighted by Gasteiger charge is 2.20. The molecule has 142 valence electrons. The van der Waals surface area contributed by atoms with Gasteiger partial charge in [0.05, 0.1) is 6.20 Å². The van der Waals surface area contributed by atoms with Crippen molar-refractivity contribution in [2.75, 3.05) is 0 Å². The molecule has 0 aliphatic rings. The van der Waals surface area contributed by atoms with E-state index in [1.54, 1.807) is 46.8 Å². The van der Waals surface area contributed by atoms with Gasteiger partial charge in [-0.1, -0.05) is 12.6 Å². The lowest BCUT2D eigenvalue weighted by Crippen LogP contribution is -2.27. The zero-order valence-electron chi connectivity index (χ0n) is 16.1. The van der Waals surface area contributed by atoms with Gasteiger partial charge in [-0.3, -0.25) is 9.78 Å². The fourth-order valence-corrected chi connectivity index (χ4v) is 2.36. The summed E-state index contributed by atoms with van der Waals surface area (Å²) >= 11 is 0. The Hall–Kier alpha value is -3.02. The Bertz CT molecular complexity index is 961. The SMILES string of the molecule is C=C(C)c1cc(-c2cncc(F)c2C)ccc(OC(=O)OC(C)(C)C)c1=O. The van der Waals surface area contributed by atoms with E-state index in [2.05, 4.69) is 11.6 Å². The molecule has 0 atom stereocenters. The first-order valence-corrected chi connectivity index (χ1v) is 8.35. The number of aromatic nitrogens is 1. The Morgan fingerprint density at radius 2 is 1.89 bits per heavy atom. The van der Waals surface area contributed by atoms with Crippen LogP contribution in [-0.4, -0.2) is 16.7 Å². The molecule has 0 spiro atoms. The number of pyridine rings is 1. The van der Waals surface area contributed by atoms with Crippen LogP contribution in [0.1, 0.15) is 38.8 Å². The van der Waals surface area contributed by atoms with Gasteiger partial charge < -0.3 is 9.47 Å². The van der Waals surface area contributed by atoms with E-state index < -0.39 is 23.0 Å². The third kappa shape index (κ3) is 5.00. The van der Waals surface area contributed by atoms with E-state index in [-0.39, 0.29) is 11.3 Å². The molecule has 0 saturated carbocycles. The summed E-state index contributed by atoms with van der Waals surface area (Å²) in [6.07, 6.45) is 1.65. The molecule has 27 heavy (non-hydrogen) atoms. The molecular formula is C21H22FNO4. The number of ether oxygens (including phenoxy) is 2. The van der Waals surface area contributed by atoms with Crippen molar-refractivity contribution < 1.29 is 18.7 Å². The molecule has 1 aromatic heterocycles. The van der Waals surface area contributed by atoms with Crippen molar-refractivity contribution in [3.63, 3.8) is 0 Å². The van der Waals surface area contributed by atoms with E-state index in [1.165, 1.54) is 12.3 Å². The van der Waals surface area contributed by atoms with Crippen molar-refractivity contribution >= 4 is 11.7 Å². The zero-order valence-corrected chi connectivity index (χ0v) is 16.1. The molecule has 2 rings (SSSR count). The molecule has 0 amide bonds. The molecule has 0 unspecified atom stereocenters. The van der Waals surface area contributed by atoms with Gasteiger partial charge >= 0.3 is 6.16 Å². The molecule has 1 heterocycles. The summed E-state index contributed by atoms with van der Waals surface area (Å²) in [4.78, 5) is 28.6. The van der Waals surface area contributed by atoms with Crippen molar-refractivity contribution in [3.05, 3.63) is 64.3 Å². The summed E-state index contributed by atoms with van der Waals surface area (Å²) in [6, 6.07) is 4.51. The second-order valence-electron chi connectivity index (χ2n) is 7.18. The first-order valence-electron chi connectivity index (χ1n) is 8.35. The normalized spacial score (nSPS) is 11.0. The summed E-state index contributed by atoms with van der Waals surface area (Å²) in [5, 5.41) is 0. The van der Waals surface area contributed by atoms with Gasteiger partial charge in [-0.25, -0.2) is 9.18 Å². The number of carbonyl (C=O) groups is 1. The van der Waals surface area contributed by atoms with Crippen molar-refractivity contribution in [1.29, 1.82) is 0 Å². The highest BCUT2D eigenvalue weighted by Crippen LogP contribution is 2.26. The number of allylic oxidation sites excluding steroid dienone is 1. The van der Waals surface area contributed by atoms with E-state index in [0.29, 0.717) is 22.3 Å². The lowest BCUT2D eigenvalue weighted by Gasteiger charge is -2.18. The second kappa shape index (κ2) is 7.70. The zero-order chi connectivity index (χ0) is 20.4. The number of rotatable bonds is 3. The van der Waals surface area contributed by atoms with Crippen LogP contribution in [0.15, 0.2) is 42.0 Å². The minimum atomic E-state index is -0.983. The lowest BCUT2D eigenvalue weighted by atomic mass is 10.0. The van der Waals surface area contributed by atoms with Gasteiger partial charge in [-0.2, -0.15) is 0 Å². The molecule has 0 radical (unpaired) electrons. The molecule has 0 fully saturated rings. The highest BCUT2D eigenvalue weighted by atomic mass is 19.1. The van der Waals surface area contributed by atoms with E-state index in [1.807, 2.05) is 0 Å². The summed E-state index contributed by atoms with van der Waals surface area (Å²) in [6.45, 7) is 12.2. The van der Waals surface area contributed by atoms with E-state index in [4.69, 9.17) is 9.47 Å². The summed E-state index contributed by atoms with van der Waals surface area (Å²) < 4.78 is 24.1. The Morgan fingerprint density at radius 1 is 1.22 bits per heavy atom. The van der Waals surface area contributed by atoms with E-state index in [9.17, 15) is 14.0 Å². The first kappa shape index (κ1) is 20.3. The third-order valence-corrected chi connectivity index (χ3v) is 3.69. The number of hydrogen-bond acceptors (Lipinski definition) is 5. The van der Waals surface area contributed by atoms with Crippen LogP contribution in [0.4, 0.5) is 9.18 Å². The average molecular weight is 371 g/mol. The van der Waals surface area contributed by atoms with Gasteiger partial charge in [0.15, 0.2) is 5.75 Å². The van der Waals surface area contributed by atoms with Crippen LogP contribution >= 0.6 is 0 Å². The monoisotopic (exact) mass is 371 g/mol. The molecule has 0 aliphatic carbocycles. The number of nitrogens with zero attached hydrogens (tertiary/aromatic N) is 1. The maximum absolute atomic E-state index is 13.9. The Balaban J connectivity index is 2.59. The van der Waals surface area contributed by atoms with Gasteiger partial charge in [0.2, 0.25) is 5.43 Å². The summed E-state index contributed by atoms with van der Waals surface area (Å²) in [7, 11) is 0. The maximum Gasteiger partial charge on any atom is 0.514 e. The van der Waals surface area contributed by atoms with Crippen LogP contribution in [0, 0.1) is 12.7 Å². The third-order valence-electron chi connectivity index (χ3n) is 3.69. The molecule has 2 aromatic rings.